The molecule has 7 nitrogen and oxygen atoms in total. The normalized spacial score (nSPS) is 10.6. The van der Waals surface area contributed by atoms with Gasteiger partial charge in [0.2, 0.25) is 5.43 Å². The molecule has 1 heterocycles. The molecule has 24 heavy (non-hydrogen) atoms. The summed E-state index contributed by atoms with van der Waals surface area (Å²) >= 11 is 0. The zero-order valence-electron chi connectivity index (χ0n) is 13.6. The largest absolute Gasteiger partial charge is 0.503 e. The van der Waals surface area contributed by atoms with Crippen molar-refractivity contribution in [2.75, 3.05) is 19.6 Å². The summed E-state index contributed by atoms with van der Waals surface area (Å²) in [5.41, 5.74) is 3.03. The number of nitrogens with one attached hydrogen (secondary N) is 1. The van der Waals surface area contributed by atoms with Gasteiger partial charge in [0.1, 0.15) is 0 Å². The first kappa shape index (κ1) is 17.1. The maximum atomic E-state index is 12.0. The van der Waals surface area contributed by atoms with Crippen LogP contribution < -0.4 is 20.3 Å². The first-order chi connectivity index (χ1) is 11.5. The van der Waals surface area contributed by atoms with E-state index in [0.29, 0.717) is 11.5 Å². The molecule has 2 rings (SSSR count). The molecule has 0 aliphatic heterocycles. The number of aromatic nitrogens is 1. The average molecular weight is 330 g/mol. The molecule has 0 fully saturated rings. The van der Waals surface area contributed by atoms with Crippen LogP contribution >= 0.6 is 0 Å². The highest BCUT2D eigenvalue weighted by Gasteiger charge is 2.07. The van der Waals surface area contributed by atoms with E-state index in [-0.39, 0.29) is 5.69 Å². The Hall–Kier alpha value is -3.22. The van der Waals surface area contributed by atoms with E-state index in [2.05, 4.69) is 5.43 Å². The molecule has 0 atom stereocenters. The van der Waals surface area contributed by atoms with E-state index < -0.39 is 17.1 Å². The van der Waals surface area contributed by atoms with E-state index in [9.17, 15) is 14.7 Å². The molecule has 126 valence electrons. The summed E-state index contributed by atoms with van der Waals surface area (Å²) < 4.78 is 11.6. The van der Waals surface area contributed by atoms with Crippen LogP contribution in [0.5, 0.6) is 17.2 Å². The van der Waals surface area contributed by atoms with Crippen molar-refractivity contribution in [1.82, 2.24) is 4.68 Å². The van der Waals surface area contributed by atoms with Crippen LogP contribution in [0.25, 0.3) is 6.08 Å². The molecule has 2 aromatic rings. The van der Waals surface area contributed by atoms with Gasteiger partial charge in [-0.3, -0.25) is 19.7 Å². The van der Waals surface area contributed by atoms with Gasteiger partial charge < -0.3 is 14.6 Å². The van der Waals surface area contributed by atoms with Gasteiger partial charge in [0.15, 0.2) is 17.2 Å². The lowest BCUT2D eigenvalue weighted by Gasteiger charge is -2.11. The van der Waals surface area contributed by atoms with E-state index in [4.69, 9.17) is 9.47 Å². The van der Waals surface area contributed by atoms with E-state index in [1.165, 1.54) is 37.0 Å². The SMILES string of the molecule is COc1ccc(/C=C/C(=O)Nn2ccc(=O)c(O)c2C)cc1OC. The standard InChI is InChI=1S/C17H18N2O5/c1-11-17(22)13(20)8-9-19(11)18-16(21)7-5-12-4-6-14(23-2)15(10-12)24-3/h4-10,22H,1-3H3,(H,18,21)/b7-5+. The van der Waals surface area contributed by atoms with Crippen LogP contribution in [0, 0.1) is 6.92 Å². The molecule has 1 amide bonds. The number of rotatable bonds is 5. The monoisotopic (exact) mass is 330 g/mol. The second-order valence-electron chi connectivity index (χ2n) is 4.91. The highest BCUT2D eigenvalue weighted by atomic mass is 16.5. The summed E-state index contributed by atoms with van der Waals surface area (Å²) in [6, 6.07) is 6.42. The molecule has 0 saturated carbocycles. The molecule has 2 N–H and O–H groups in total. The van der Waals surface area contributed by atoms with Crippen LogP contribution in [0.2, 0.25) is 0 Å². The number of aromatic hydroxyl groups is 1. The maximum Gasteiger partial charge on any atom is 0.262 e. The van der Waals surface area contributed by atoms with Gasteiger partial charge in [0.05, 0.1) is 19.9 Å². The number of nitrogens with zero attached hydrogens (tertiary/aromatic N) is 1. The van der Waals surface area contributed by atoms with Crippen LogP contribution in [0.4, 0.5) is 0 Å². The zero-order chi connectivity index (χ0) is 17.7. The molecule has 0 saturated heterocycles. The second-order valence-corrected chi connectivity index (χ2v) is 4.91. The molecular formula is C17H18N2O5. The van der Waals surface area contributed by atoms with Gasteiger partial charge in [-0.2, -0.15) is 0 Å². The Labute approximate surface area is 138 Å². The Balaban J connectivity index is 2.14. The molecule has 0 aliphatic rings. The van der Waals surface area contributed by atoms with E-state index in [1.54, 1.807) is 31.4 Å². The molecule has 0 unspecified atom stereocenters. The van der Waals surface area contributed by atoms with E-state index in [0.717, 1.165) is 5.56 Å². The quantitative estimate of drug-likeness (QED) is 0.814. The van der Waals surface area contributed by atoms with Crippen molar-refractivity contribution in [2.45, 2.75) is 6.92 Å². The van der Waals surface area contributed by atoms with Gasteiger partial charge in [-0.05, 0) is 30.7 Å². The third-order valence-corrected chi connectivity index (χ3v) is 3.38. The predicted molar refractivity (Wildman–Crippen MR) is 90.1 cm³/mol. The number of methoxy groups -OCH3 is 2. The summed E-state index contributed by atoms with van der Waals surface area (Å²) in [5, 5.41) is 9.59. The molecule has 0 aliphatic carbocycles. The highest BCUT2D eigenvalue weighted by Crippen LogP contribution is 2.27. The molecular weight excluding hydrogens is 312 g/mol. The molecule has 1 aromatic heterocycles. The Morgan fingerprint density at radius 2 is 1.92 bits per heavy atom. The number of carbonyl (C=O) groups excluding carboxylic acids is 1. The lowest BCUT2D eigenvalue weighted by molar-refractivity contribution is -0.112. The summed E-state index contributed by atoms with van der Waals surface area (Å²) in [4.78, 5) is 23.3. The summed E-state index contributed by atoms with van der Waals surface area (Å²) in [5.74, 6) is 0.331. The van der Waals surface area contributed by atoms with Crippen molar-refractivity contribution in [1.29, 1.82) is 0 Å². The number of pyridine rings is 1. The Kier molecular flexibility index (Phi) is 5.26. The van der Waals surface area contributed by atoms with Gasteiger partial charge in [-0.25, -0.2) is 0 Å². The Bertz CT molecular complexity index is 839. The van der Waals surface area contributed by atoms with Crippen molar-refractivity contribution in [3.05, 3.63) is 58.0 Å². The van der Waals surface area contributed by atoms with Gasteiger partial charge in [-0.15, -0.1) is 0 Å². The van der Waals surface area contributed by atoms with Gasteiger partial charge in [0, 0.05) is 18.3 Å². The fraction of sp³-hybridized carbons (Fsp3) is 0.176. The summed E-state index contributed by atoms with van der Waals surface area (Å²) in [7, 11) is 3.08. The molecule has 1 aromatic carbocycles. The van der Waals surface area contributed by atoms with Crippen LogP contribution in [-0.4, -0.2) is 29.9 Å². The minimum absolute atomic E-state index is 0.246. The molecule has 0 radical (unpaired) electrons. The van der Waals surface area contributed by atoms with Crippen LogP contribution in [0.1, 0.15) is 11.3 Å². The smallest absolute Gasteiger partial charge is 0.262 e. The summed E-state index contributed by atoms with van der Waals surface area (Å²) in [6.07, 6.45) is 4.31. The highest BCUT2D eigenvalue weighted by molar-refractivity contribution is 5.97. The number of benzene rings is 1. The fourth-order valence-electron chi connectivity index (χ4n) is 2.03. The lowest BCUT2D eigenvalue weighted by atomic mass is 10.2. The van der Waals surface area contributed by atoms with Crippen molar-refractivity contribution in [3.8, 4) is 17.2 Å². The van der Waals surface area contributed by atoms with Gasteiger partial charge in [0.25, 0.3) is 5.91 Å². The number of hydrogen-bond donors (Lipinski definition) is 2. The Morgan fingerprint density at radius 3 is 2.58 bits per heavy atom. The summed E-state index contributed by atoms with van der Waals surface area (Å²) in [6.45, 7) is 1.52. The van der Waals surface area contributed by atoms with Crippen molar-refractivity contribution >= 4 is 12.0 Å². The maximum absolute atomic E-state index is 12.0. The molecule has 7 heteroatoms. The predicted octanol–water partition coefficient (Wildman–Crippen LogP) is 1.66. The van der Waals surface area contributed by atoms with Crippen molar-refractivity contribution in [2.24, 2.45) is 0 Å². The van der Waals surface area contributed by atoms with Crippen molar-refractivity contribution < 1.29 is 19.4 Å². The van der Waals surface area contributed by atoms with E-state index >= 15 is 0 Å². The lowest BCUT2D eigenvalue weighted by Crippen LogP contribution is -2.24. The minimum Gasteiger partial charge on any atom is -0.503 e. The van der Waals surface area contributed by atoms with Crippen LogP contribution in [0.3, 0.4) is 0 Å². The molecule has 0 bridgehead atoms. The number of ether oxygens (including phenoxy) is 2. The van der Waals surface area contributed by atoms with Gasteiger partial charge in [-0.1, -0.05) is 6.07 Å². The van der Waals surface area contributed by atoms with Crippen molar-refractivity contribution in [3.63, 3.8) is 0 Å². The first-order valence-electron chi connectivity index (χ1n) is 7.08. The zero-order valence-corrected chi connectivity index (χ0v) is 13.6. The third-order valence-electron chi connectivity index (χ3n) is 3.38. The first-order valence-corrected chi connectivity index (χ1v) is 7.08. The fourth-order valence-corrected chi connectivity index (χ4v) is 2.03. The molecule has 0 spiro atoms. The number of carbonyl (C=O) groups is 1. The number of amides is 1. The number of hydrogen-bond acceptors (Lipinski definition) is 5. The minimum atomic E-state index is -0.501. The van der Waals surface area contributed by atoms with Crippen LogP contribution in [-0.2, 0) is 4.79 Å². The van der Waals surface area contributed by atoms with E-state index in [1.807, 2.05) is 0 Å². The third kappa shape index (κ3) is 3.75. The van der Waals surface area contributed by atoms with Crippen LogP contribution in [0.15, 0.2) is 41.3 Å². The topological polar surface area (TPSA) is 89.8 Å². The van der Waals surface area contributed by atoms with Gasteiger partial charge >= 0.3 is 0 Å². The average Bonchev–Trinajstić information content (AvgIpc) is 2.60. The Morgan fingerprint density at radius 1 is 1.21 bits per heavy atom. The second kappa shape index (κ2) is 7.36.